The van der Waals surface area contributed by atoms with Crippen LogP contribution in [-0.2, 0) is 25.8 Å². The van der Waals surface area contributed by atoms with Crippen LogP contribution in [-0.4, -0.2) is 31.3 Å². The first-order valence-corrected chi connectivity index (χ1v) is 2.19. The molecule has 0 aliphatic rings. The van der Waals surface area contributed by atoms with Gasteiger partial charge in [-0.1, -0.05) is 0 Å². The van der Waals surface area contributed by atoms with Gasteiger partial charge >= 0.3 is 25.8 Å². The Bertz CT molecular complexity index is 159. The normalized spacial score (nSPS) is 5.05. The molecule has 0 saturated carbocycles. The Hall–Kier alpha value is -2.41. The van der Waals surface area contributed by atoms with E-state index in [0.29, 0.717) is 0 Å². The van der Waals surface area contributed by atoms with E-state index in [9.17, 15) is 0 Å². The van der Waals surface area contributed by atoms with Crippen LogP contribution in [0.1, 0.15) is 0 Å². The van der Waals surface area contributed by atoms with E-state index in [-0.39, 0.29) is 36.8 Å². The Morgan fingerprint density at radius 3 is 0.421 bits per heavy atom. The molecule has 0 aliphatic carbocycles. The van der Waals surface area contributed by atoms with Gasteiger partial charge in [0.05, 0.1) is 20.3 Å². The van der Waals surface area contributed by atoms with Gasteiger partial charge in [-0.15, -0.1) is 0 Å². The van der Waals surface area contributed by atoms with Gasteiger partial charge in [0.1, 0.15) is 0 Å². The number of hydrogen-bond donors (Lipinski definition) is 0. The zero-order valence-corrected chi connectivity index (χ0v) is 11.8. The molecule has 0 unspecified atom stereocenters. The van der Waals surface area contributed by atoms with Crippen molar-refractivity contribution in [3.05, 3.63) is 61.3 Å². The Morgan fingerprint density at radius 2 is 0.421 bits per heavy atom. The van der Waals surface area contributed by atoms with Crippen LogP contribution in [0.25, 0.3) is 0 Å². The second-order valence-corrected chi connectivity index (χ2v) is 0.894. The van der Waals surface area contributed by atoms with Crippen molar-refractivity contribution >= 4 is 0 Å². The Labute approximate surface area is 119 Å². The van der Waals surface area contributed by atoms with Gasteiger partial charge in [-0.25, -0.2) is 0 Å². The fourth-order valence-corrected chi connectivity index (χ4v) is 0. The van der Waals surface area contributed by atoms with Gasteiger partial charge in [0.2, 0.25) is 0 Å². The predicted octanol–water partition coefficient (Wildman–Crippen LogP) is -2.61. The molecular weight excluding hydrogens is 459 g/mol. The van der Waals surface area contributed by atoms with Crippen molar-refractivity contribution < 1.29 is 57.1 Å². The van der Waals surface area contributed by atoms with E-state index in [1.807, 2.05) is 0 Å². The van der Waals surface area contributed by atoms with E-state index in [2.05, 4.69) is 0 Å². The molecule has 0 aromatic heterocycles. The topological polar surface area (TPSA) is 328 Å². The standard InChI is InChI=1S/Hf.4NO3.2H2O/c;4*2-1(3)4;;/h;;;;;2*1H2/q+4;4*-1;;. The minimum absolute atomic E-state index is 0. The van der Waals surface area contributed by atoms with Crippen LogP contribution in [0.4, 0.5) is 0 Å². The molecule has 0 spiro atoms. The summed E-state index contributed by atoms with van der Waals surface area (Å²) in [5, 5.41) is 59.0. The van der Waals surface area contributed by atoms with E-state index in [1.54, 1.807) is 0 Å². The van der Waals surface area contributed by atoms with Gasteiger partial charge < -0.3 is 72.2 Å². The van der Waals surface area contributed by atoms with Crippen molar-refractivity contribution in [2.24, 2.45) is 0 Å². The Balaban J connectivity index is -0.0000000192. The van der Waals surface area contributed by atoms with Crippen LogP contribution in [0.3, 0.4) is 0 Å². The third-order valence-corrected chi connectivity index (χ3v) is 0. The van der Waals surface area contributed by atoms with Crippen molar-refractivity contribution in [1.82, 2.24) is 0 Å². The molecule has 0 heterocycles. The molecule has 0 aromatic carbocycles. The summed E-state index contributed by atoms with van der Waals surface area (Å²) in [5.74, 6) is 0. The van der Waals surface area contributed by atoms with Crippen molar-refractivity contribution in [2.75, 3.05) is 0 Å². The van der Waals surface area contributed by atoms with Crippen LogP contribution in [0, 0.1) is 61.3 Å². The first-order chi connectivity index (χ1) is 6.93. The summed E-state index contributed by atoms with van der Waals surface area (Å²) in [6.45, 7) is 0. The van der Waals surface area contributed by atoms with E-state index < -0.39 is 20.3 Å². The summed E-state index contributed by atoms with van der Waals surface area (Å²) < 4.78 is 0. The summed E-state index contributed by atoms with van der Waals surface area (Å²) >= 11 is 0. The smallest absolute Gasteiger partial charge is 0.412 e. The summed E-state index contributed by atoms with van der Waals surface area (Å²) in [5.41, 5.74) is 0. The molecule has 0 aliphatic heterocycles. The van der Waals surface area contributed by atoms with E-state index in [4.69, 9.17) is 61.3 Å². The molecule has 112 valence electrons. The SMILES string of the molecule is O.O.O=[N+]([O-])[O-].O=[N+]([O-])[O-].O=[N+]([O-])[O-].O=[N+]([O-])[O-].[Hf+4]. The molecule has 0 saturated heterocycles. The molecule has 0 radical (unpaired) electrons. The molecule has 18 nitrogen and oxygen atoms in total. The predicted molar refractivity (Wildman–Crippen MR) is 48.7 cm³/mol. The molecule has 19 heteroatoms. The van der Waals surface area contributed by atoms with Gasteiger partial charge in [-0.3, -0.25) is 0 Å². The van der Waals surface area contributed by atoms with Gasteiger partial charge in [0.25, 0.3) is 0 Å². The zero-order valence-electron chi connectivity index (χ0n) is 8.19. The maximum absolute atomic E-state index is 8.25. The number of hydrogen-bond acceptors (Lipinski definition) is 12. The molecule has 0 aromatic rings. The van der Waals surface area contributed by atoms with Gasteiger partial charge in [-0.2, -0.15) is 0 Å². The maximum Gasteiger partial charge on any atom is 4.00 e. The second kappa shape index (κ2) is 36.1. The molecule has 19 heavy (non-hydrogen) atoms. The molecule has 0 fully saturated rings. The van der Waals surface area contributed by atoms with Crippen molar-refractivity contribution in [3.63, 3.8) is 0 Å². The van der Waals surface area contributed by atoms with Crippen LogP contribution in [0.5, 0.6) is 0 Å². The zero-order chi connectivity index (χ0) is 14.3. The van der Waals surface area contributed by atoms with Gasteiger partial charge in [0, 0.05) is 0 Å². The van der Waals surface area contributed by atoms with E-state index >= 15 is 0 Å². The van der Waals surface area contributed by atoms with E-state index in [0.717, 1.165) is 0 Å². The molecule has 0 atom stereocenters. The molecule has 0 amide bonds. The molecule has 4 N–H and O–H groups in total. The van der Waals surface area contributed by atoms with E-state index in [1.165, 1.54) is 0 Å². The van der Waals surface area contributed by atoms with Crippen molar-refractivity contribution in [3.8, 4) is 0 Å². The van der Waals surface area contributed by atoms with Crippen LogP contribution in [0.15, 0.2) is 0 Å². The maximum atomic E-state index is 8.25. The van der Waals surface area contributed by atoms with Crippen molar-refractivity contribution in [1.29, 1.82) is 0 Å². The first-order valence-electron chi connectivity index (χ1n) is 2.19. The first kappa shape index (κ1) is 43.8. The molecular formula is H4HfN4O14. The minimum atomic E-state index is -1.75. The van der Waals surface area contributed by atoms with Crippen LogP contribution in [0.2, 0.25) is 0 Å². The molecule has 0 rings (SSSR count). The van der Waals surface area contributed by atoms with Crippen molar-refractivity contribution in [2.45, 2.75) is 0 Å². The number of nitrogens with zero attached hydrogens (tertiary/aromatic N) is 4. The summed E-state index contributed by atoms with van der Waals surface area (Å²) in [7, 11) is 0. The largest absolute Gasteiger partial charge is 4.00 e. The van der Waals surface area contributed by atoms with Gasteiger partial charge in [-0.05, 0) is 0 Å². The summed E-state index contributed by atoms with van der Waals surface area (Å²) in [6, 6.07) is 0. The third kappa shape index (κ3) is 496. The Kier molecular flexibility index (Phi) is 83.3. The van der Waals surface area contributed by atoms with Gasteiger partial charge in [0.15, 0.2) is 0 Å². The fraction of sp³-hybridized carbons (Fsp3) is 0. The molecule has 0 bridgehead atoms. The minimum Gasteiger partial charge on any atom is -0.412 e. The van der Waals surface area contributed by atoms with Crippen LogP contribution < -0.4 is 0 Å². The summed E-state index contributed by atoms with van der Waals surface area (Å²) in [4.78, 5) is 33.0. The second-order valence-electron chi connectivity index (χ2n) is 0.894. The number of rotatable bonds is 0. The average molecular weight is 463 g/mol. The monoisotopic (exact) mass is 464 g/mol. The quantitative estimate of drug-likeness (QED) is 0.203. The third-order valence-electron chi connectivity index (χ3n) is 0. The Morgan fingerprint density at radius 1 is 0.421 bits per heavy atom. The average Bonchev–Trinajstić information content (AvgIpc) is 1.76. The summed E-state index contributed by atoms with van der Waals surface area (Å²) in [6.07, 6.45) is 0. The van der Waals surface area contributed by atoms with Crippen LogP contribution >= 0.6 is 0 Å². The fourth-order valence-electron chi connectivity index (χ4n) is 0.